The molecule has 2 rings (SSSR count). The van der Waals surface area contributed by atoms with E-state index < -0.39 is 17.1 Å². The lowest BCUT2D eigenvalue weighted by Crippen LogP contribution is -2.29. The Hall–Kier alpha value is -2.18. The first-order valence-electron chi connectivity index (χ1n) is 5.86. The highest BCUT2D eigenvalue weighted by Gasteiger charge is 2.14. The van der Waals surface area contributed by atoms with Crippen molar-refractivity contribution in [3.8, 4) is 17.2 Å². The molecule has 0 aliphatic heterocycles. The molecule has 106 valence electrons. The number of nitrogens with zero attached hydrogens (tertiary/aromatic N) is 1. The zero-order valence-corrected chi connectivity index (χ0v) is 11.6. The fraction of sp³-hybridized carbons (Fsp3) is 0. The average molecular weight is 302 g/mol. The van der Waals surface area contributed by atoms with E-state index in [1.807, 2.05) is 6.07 Å². The maximum absolute atomic E-state index is 11.4. The number of primary sulfonamides is 1. The predicted molar refractivity (Wildman–Crippen MR) is 77.8 cm³/mol. The fourth-order valence-corrected chi connectivity index (χ4v) is 2.41. The summed E-state index contributed by atoms with van der Waals surface area (Å²) in [6, 6.07) is 12.0. The van der Waals surface area contributed by atoms with Crippen molar-refractivity contribution in [2.75, 3.05) is 0 Å². The molecule has 0 bridgehead atoms. The zero-order valence-electron chi connectivity index (χ0n) is 10.8. The van der Waals surface area contributed by atoms with E-state index in [-0.39, 0.29) is 4.90 Å². The van der Waals surface area contributed by atoms with Crippen molar-refractivity contribution in [3.63, 3.8) is 0 Å². The van der Waals surface area contributed by atoms with Crippen LogP contribution in [0.15, 0.2) is 47.4 Å². The van der Waals surface area contributed by atoms with Crippen molar-refractivity contribution < 1.29 is 18.5 Å². The van der Waals surface area contributed by atoms with Gasteiger partial charge in [0.15, 0.2) is 0 Å². The van der Waals surface area contributed by atoms with Crippen LogP contribution < -0.4 is 10.6 Å². The Morgan fingerprint density at radius 1 is 1.10 bits per heavy atom. The fourth-order valence-electron chi connectivity index (χ4n) is 1.87. The minimum absolute atomic E-state index is 0.0947. The highest BCUT2D eigenvalue weighted by molar-refractivity contribution is 7.89. The lowest BCUT2D eigenvalue weighted by molar-refractivity contribution is 0.426. The minimum atomic E-state index is -3.87. The minimum Gasteiger partial charge on any atom is -0.423 e. The molecule has 0 saturated carbocycles. The van der Waals surface area contributed by atoms with Crippen LogP contribution in [0.2, 0.25) is 0 Å². The van der Waals surface area contributed by atoms with Gasteiger partial charge >= 0.3 is 7.12 Å². The van der Waals surface area contributed by atoms with Gasteiger partial charge in [0.2, 0.25) is 10.0 Å². The Balaban J connectivity index is 2.59. The molecule has 21 heavy (non-hydrogen) atoms. The predicted octanol–water partition coefficient (Wildman–Crippen LogP) is -0.448. The molecule has 8 heteroatoms. The van der Waals surface area contributed by atoms with Crippen LogP contribution in [0, 0.1) is 11.3 Å². The van der Waals surface area contributed by atoms with Gasteiger partial charge in [0.05, 0.1) is 16.5 Å². The molecule has 0 heterocycles. The molecule has 4 N–H and O–H groups in total. The molecule has 0 amide bonds. The van der Waals surface area contributed by atoms with Gasteiger partial charge in [0, 0.05) is 5.56 Å². The first kappa shape index (κ1) is 15.2. The van der Waals surface area contributed by atoms with Crippen LogP contribution in [0.3, 0.4) is 0 Å². The molecule has 0 atom stereocenters. The molecule has 0 unspecified atom stereocenters. The van der Waals surface area contributed by atoms with Gasteiger partial charge in [-0.3, -0.25) is 0 Å². The van der Waals surface area contributed by atoms with Gasteiger partial charge in [-0.15, -0.1) is 0 Å². The molecular weight excluding hydrogens is 291 g/mol. The molecule has 2 aromatic carbocycles. The quantitative estimate of drug-likeness (QED) is 0.662. The van der Waals surface area contributed by atoms with Crippen LogP contribution in [-0.2, 0) is 10.0 Å². The first-order valence-corrected chi connectivity index (χ1v) is 7.41. The SMILES string of the molecule is N#Cc1ccc(S(N)(=O)=O)cc1-c1ccc(B(O)O)cc1. The van der Waals surface area contributed by atoms with Crippen molar-refractivity contribution >= 4 is 22.6 Å². The van der Waals surface area contributed by atoms with Crippen molar-refractivity contribution in [1.82, 2.24) is 0 Å². The lowest BCUT2D eigenvalue weighted by atomic mass is 9.79. The Morgan fingerprint density at radius 2 is 1.71 bits per heavy atom. The van der Waals surface area contributed by atoms with E-state index in [1.54, 1.807) is 12.1 Å². The van der Waals surface area contributed by atoms with Crippen molar-refractivity contribution in [2.24, 2.45) is 5.14 Å². The second kappa shape index (κ2) is 5.67. The summed E-state index contributed by atoms with van der Waals surface area (Å²) in [4.78, 5) is -0.0947. The van der Waals surface area contributed by atoms with Crippen molar-refractivity contribution in [3.05, 3.63) is 48.0 Å². The van der Waals surface area contributed by atoms with Gasteiger partial charge in [0.1, 0.15) is 0 Å². The summed E-state index contributed by atoms with van der Waals surface area (Å²) in [6.07, 6.45) is 0. The third-order valence-electron chi connectivity index (χ3n) is 2.96. The first-order chi connectivity index (χ1) is 9.82. The van der Waals surface area contributed by atoms with Crippen molar-refractivity contribution in [1.29, 1.82) is 5.26 Å². The summed E-state index contributed by atoms with van der Waals surface area (Å²) in [5.41, 5.74) is 1.56. The van der Waals surface area contributed by atoms with Gasteiger partial charge in [-0.1, -0.05) is 24.3 Å². The smallest absolute Gasteiger partial charge is 0.423 e. The topological polar surface area (TPSA) is 124 Å². The molecule has 0 aromatic heterocycles. The molecule has 0 aliphatic carbocycles. The Kier molecular flexibility index (Phi) is 4.11. The lowest BCUT2D eigenvalue weighted by Gasteiger charge is -2.08. The van der Waals surface area contributed by atoms with Gasteiger partial charge in [-0.25, -0.2) is 13.6 Å². The van der Waals surface area contributed by atoms with E-state index in [0.717, 1.165) is 0 Å². The number of sulfonamides is 1. The largest absolute Gasteiger partial charge is 0.488 e. The second-order valence-electron chi connectivity index (χ2n) is 4.36. The van der Waals surface area contributed by atoms with Gasteiger partial charge < -0.3 is 10.0 Å². The molecule has 0 aliphatic rings. The standard InChI is InChI=1S/C13H11BN2O4S/c15-8-10-3-6-12(21(16,19)20)7-13(10)9-1-4-11(5-2-9)14(17)18/h1-7,17-18H,(H2,16,19,20). The number of benzene rings is 2. The molecular formula is C13H11BN2O4S. The van der Waals surface area contributed by atoms with Crippen LogP contribution in [-0.4, -0.2) is 25.6 Å². The maximum Gasteiger partial charge on any atom is 0.488 e. The summed E-state index contributed by atoms with van der Waals surface area (Å²) in [5, 5.41) is 32.3. The van der Waals surface area contributed by atoms with E-state index in [1.165, 1.54) is 30.3 Å². The third-order valence-corrected chi connectivity index (χ3v) is 3.87. The van der Waals surface area contributed by atoms with Gasteiger partial charge in [-0.05, 0) is 29.2 Å². The summed E-state index contributed by atoms with van der Waals surface area (Å²) in [5.74, 6) is 0. The Bertz CT molecular complexity index is 811. The van der Waals surface area contributed by atoms with Crippen LogP contribution in [0.1, 0.15) is 5.56 Å². The highest BCUT2D eigenvalue weighted by Crippen LogP contribution is 2.25. The number of nitriles is 1. The van der Waals surface area contributed by atoms with E-state index in [4.69, 9.17) is 20.4 Å². The highest BCUT2D eigenvalue weighted by atomic mass is 32.2. The molecule has 2 aromatic rings. The van der Waals surface area contributed by atoms with Crippen molar-refractivity contribution in [2.45, 2.75) is 4.90 Å². The van der Waals surface area contributed by atoms with Crippen LogP contribution in [0.4, 0.5) is 0 Å². The summed E-state index contributed by atoms with van der Waals surface area (Å²) >= 11 is 0. The molecule has 6 nitrogen and oxygen atoms in total. The van der Waals surface area contributed by atoms with Crippen LogP contribution in [0.5, 0.6) is 0 Å². The Labute approximate surface area is 122 Å². The van der Waals surface area contributed by atoms with Gasteiger partial charge in [0.25, 0.3) is 0 Å². The number of nitrogens with two attached hydrogens (primary N) is 1. The van der Waals surface area contributed by atoms with Crippen LogP contribution in [0.25, 0.3) is 11.1 Å². The maximum atomic E-state index is 11.4. The molecule has 0 spiro atoms. The number of hydrogen-bond donors (Lipinski definition) is 3. The van der Waals surface area contributed by atoms with Crippen LogP contribution >= 0.6 is 0 Å². The summed E-state index contributed by atoms with van der Waals surface area (Å²) in [6.45, 7) is 0. The molecule has 0 radical (unpaired) electrons. The third kappa shape index (κ3) is 3.29. The van der Waals surface area contributed by atoms with E-state index in [2.05, 4.69) is 0 Å². The molecule has 0 fully saturated rings. The molecule has 0 saturated heterocycles. The van der Waals surface area contributed by atoms with E-state index in [0.29, 0.717) is 22.2 Å². The average Bonchev–Trinajstić information content (AvgIpc) is 2.45. The second-order valence-corrected chi connectivity index (χ2v) is 5.92. The normalized spacial score (nSPS) is 11.0. The Morgan fingerprint density at radius 3 is 2.19 bits per heavy atom. The summed E-state index contributed by atoms with van der Waals surface area (Å²) < 4.78 is 22.8. The van der Waals surface area contributed by atoms with E-state index in [9.17, 15) is 8.42 Å². The number of rotatable bonds is 3. The van der Waals surface area contributed by atoms with E-state index >= 15 is 0 Å². The van der Waals surface area contributed by atoms with Gasteiger partial charge in [-0.2, -0.15) is 5.26 Å². The zero-order chi connectivity index (χ0) is 15.6. The monoisotopic (exact) mass is 302 g/mol. The number of hydrogen-bond acceptors (Lipinski definition) is 5. The summed E-state index contributed by atoms with van der Waals surface area (Å²) in [7, 11) is -5.46.